The molecule has 158 valence electrons. The summed E-state index contributed by atoms with van der Waals surface area (Å²) in [5, 5.41) is 5.79. The minimum absolute atomic E-state index is 0.0914. The van der Waals surface area contributed by atoms with E-state index in [4.69, 9.17) is 0 Å². The Morgan fingerprint density at radius 1 is 0.967 bits per heavy atom. The number of nitrogens with zero attached hydrogens (tertiary/aromatic N) is 2. The number of anilines is 4. The molecule has 1 heterocycles. The molecule has 0 aliphatic rings. The van der Waals surface area contributed by atoms with Crippen LogP contribution in [0.4, 0.5) is 36.3 Å². The van der Waals surface area contributed by atoms with Gasteiger partial charge in [0.1, 0.15) is 11.4 Å². The van der Waals surface area contributed by atoms with E-state index in [-0.39, 0.29) is 17.7 Å². The third kappa shape index (κ3) is 5.49. The Morgan fingerprint density at radius 2 is 1.70 bits per heavy atom. The highest BCUT2D eigenvalue weighted by molar-refractivity contribution is 5.63. The van der Waals surface area contributed by atoms with Gasteiger partial charge in [0, 0.05) is 17.6 Å². The molecular weight excluding hydrogens is 389 g/mol. The number of rotatable bonds is 7. The molecule has 2 aromatic carbocycles. The molecule has 7 heteroatoms. The van der Waals surface area contributed by atoms with Gasteiger partial charge in [0.15, 0.2) is 0 Å². The van der Waals surface area contributed by atoms with Crippen molar-refractivity contribution < 1.29 is 13.2 Å². The van der Waals surface area contributed by atoms with Crippen LogP contribution in [0.5, 0.6) is 0 Å². The van der Waals surface area contributed by atoms with Crippen LogP contribution >= 0.6 is 0 Å². The largest absolute Gasteiger partial charge is 0.421 e. The van der Waals surface area contributed by atoms with E-state index in [2.05, 4.69) is 27.5 Å². The van der Waals surface area contributed by atoms with Crippen LogP contribution in [-0.2, 0) is 12.6 Å². The van der Waals surface area contributed by atoms with Gasteiger partial charge in [0.25, 0.3) is 0 Å². The van der Waals surface area contributed by atoms with Crippen molar-refractivity contribution in [3.8, 4) is 0 Å². The Balaban J connectivity index is 1.89. The minimum Gasteiger partial charge on any atom is -0.340 e. The molecule has 0 bridgehead atoms. The van der Waals surface area contributed by atoms with E-state index in [0.717, 1.165) is 24.6 Å². The Morgan fingerprint density at radius 3 is 2.33 bits per heavy atom. The summed E-state index contributed by atoms with van der Waals surface area (Å²) in [6, 6.07) is 15.0. The summed E-state index contributed by atoms with van der Waals surface area (Å²) in [5.41, 5.74) is 2.56. The molecule has 0 saturated carbocycles. The SMILES string of the molecule is CCCc1ccc(Nc2ncc(C(F)(F)F)c(Nc3cccc(C(C)C)c3)n2)cc1. The highest BCUT2D eigenvalue weighted by Crippen LogP contribution is 2.35. The summed E-state index contributed by atoms with van der Waals surface area (Å²) in [6.07, 6.45) is -1.75. The first-order chi connectivity index (χ1) is 14.3. The van der Waals surface area contributed by atoms with E-state index >= 15 is 0 Å². The molecule has 3 aromatic rings. The second kappa shape index (κ2) is 9.15. The van der Waals surface area contributed by atoms with Crippen molar-refractivity contribution in [2.24, 2.45) is 0 Å². The van der Waals surface area contributed by atoms with Crippen LogP contribution in [0.1, 0.15) is 49.8 Å². The highest BCUT2D eigenvalue weighted by Gasteiger charge is 2.35. The molecule has 3 rings (SSSR count). The first-order valence-corrected chi connectivity index (χ1v) is 9.93. The monoisotopic (exact) mass is 414 g/mol. The number of alkyl halides is 3. The zero-order chi connectivity index (χ0) is 21.7. The molecule has 0 aliphatic carbocycles. The average molecular weight is 414 g/mol. The van der Waals surface area contributed by atoms with E-state index in [1.807, 2.05) is 56.3 Å². The number of halogens is 3. The van der Waals surface area contributed by atoms with E-state index in [1.165, 1.54) is 5.56 Å². The topological polar surface area (TPSA) is 49.8 Å². The van der Waals surface area contributed by atoms with Crippen molar-refractivity contribution in [2.75, 3.05) is 10.6 Å². The van der Waals surface area contributed by atoms with Gasteiger partial charge in [-0.2, -0.15) is 18.2 Å². The zero-order valence-electron chi connectivity index (χ0n) is 17.2. The maximum Gasteiger partial charge on any atom is 0.421 e. The van der Waals surface area contributed by atoms with E-state index in [0.29, 0.717) is 11.4 Å². The maximum atomic E-state index is 13.5. The number of aryl methyl sites for hydroxylation is 1. The van der Waals surface area contributed by atoms with Crippen LogP contribution < -0.4 is 10.6 Å². The van der Waals surface area contributed by atoms with Crippen LogP contribution in [-0.4, -0.2) is 9.97 Å². The van der Waals surface area contributed by atoms with E-state index in [9.17, 15) is 13.2 Å². The van der Waals surface area contributed by atoms with Crippen LogP contribution in [0.2, 0.25) is 0 Å². The molecule has 0 spiro atoms. The maximum absolute atomic E-state index is 13.5. The second-order valence-electron chi connectivity index (χ2n) is 7.43. The quantitative estimate of drug-likeness (QED) is 0.435. The summed E-state index contributed by atoms with van der Waals surface area (Å²) in [6.45, 7) is 6.16. The van der Waals surface area contributed by atoms with Crippen molar-refractivity contribution in [3.05, 3.63) is 71.4 Å². The molecule has 2 N–H and O–H groups in total. The molecule has 1 aromatic heterocycles. The fourth-order valence-corrected chi connectivity index (χ4v) is 3.03. The average Bonchev–Trinajstić information content (AvgIpc) is 2.69. The molecule has 0 unspecified atom stereocenters. The molecule has 0 atom stereocenters. The fraction of sp³-hybridized carbons (Fsp3) is 0.304. The molecular formula is C23H25F3N4. The molecule has 0 radical (unpaired) electrons. The van der Waals surface area contributed by atoms with Gasteiger partial charge in [-0.15, -0.1) is 0 Å². The predicted molar refractivity (Wildman–Crippen MR) is 115 cm³/mol. The minimum atomic E-state index is -4.57. The molecule has 0 aliphatic heterocycles. The Bertz CT molecular complexity index is 982. The third-order valence-corrected chi connectivity index (χ3v) is 4.66. The van der Waals surface area contributed by atoms with E-state index < -0.39 is 11.7 Å². The Labute approximate surface area is 174 Å². The lowest BCUT2D eigenvalue weighted by Gasteiger charge is -2.16. The highest BCUT2D eigenvalue weighted by atomic mass is 19.4. The van der Waals surface area contributed by atoms with Gasteiger partial charge in [-0.25, -0.2) is 4.98 Å². The van der Waals surface area contributed by atoms with Gasteiger partial charge < -0.3 is 10.6 Å². The van der Waals surface area contributed by atoms with Gasteiger partial charge in [-0.05, 0) is 47.7 Å². The molecule has 0 amide bonds. The summed E-state index contributed by atoms with van der Waals surface area (Å²) < 4.78 is 40.5. The van der Waals surface area contributed by atoms with Gasteiger partial charge in [-0.1, -0.05) is 51.5 Å². The van der Waals surface area contributed by atoms with E-state index in [1.54, 1.807) is 6.07 Å². The van der Waals surface area contributed by atoms with Crippen molar-refractivity contribution >= 4 is 23.1 Å². The van der Waals surface area contributed by atoms with Crippen molar-refractivity contribution in [1.82, 2.24) is 9.97 Å². The van der Waals surface area contributed by atoms with Gasteiger partial charge in [0.05, 0.1) is 0 Å². The van der Waals surface area contributed by atoms with Crippen LogP contribution in [0.15, 0.2) is 54.7 Å². The zero-order valence-corrected chi connectivity index (χ0v) is 17.2. The lowest BCUT2D eigenvalue weighted by atomic mass is 10.0. The summed E-state index contributed by atoms with van der Waals surface area (Å²) in [5.74, 6) is 0.0596. The number of benzene rings is 2. The molecule has 4 nitrogen and oxygen atoms in total. The molecule has 30 heavy (non-hydrogen) atoms. The van der Waals surface area contributed by atoms with Crippen LogP contribution in [0.3, 0.4) is 0 Å². The van der Waals surface area contributed by atoms with Gasteiger partial charge >= 0.3 is 6.18 Å². The summed E-state index contributed by atoms with van der Waals surface area (Å²) in [7, 11) is 0. The van der Waals surface area contributed by atoms with Crippen LogP contribution in [0.25, 0.3) is 0 Å². The summed E-state index contributed by atoms with van der Waals surface area (Å²) in [4.78, 5) is 7.97. The number of hydrogen-bond acceptors (Lipinski definition) is 4. The first kappa shape index (κ1) is 21.6. The third-order valence-electron chi connectivity index (χ3n) is 4.66. The van der Waals surface area contributed by atoms with Gasteiger partial charge in [-0.3, -0.25) is 0 Å². The lowest BCUT2D eigenvalue weighted by molar-refractivity contribution is -0.137. The Hall–Kier alpha value is -3.09. The smallest absolute Gasteiger partial charge is 0.340 e. The fourth-order valence-electron chi connectivity index (χ4n) is 3.03. The Kier molecular flexibility index (Phi) is 6.59. The first-order valence-electron chi connectivity index (χ1n) is 9.93. The molecule has 0 saturated heterocycles. The number of nitrogens with one attached hydrogen (secondary N) is 2. The number of hydrogen-bond donors (Lipinski definition) is 2. The van der Waals surface area contributed by atoms with Gasteiger partial charge in [0.2, 0.25) is 5.95 Å². The van der Waals surface area contributed by atoms with Crippen molar-refractivity contribution in [3.63, 3.8) is 0 Å². The predicted octanol–water partition coefficient (Wildman–Crippen LogP) is 7.06. The standard InChI is InChI=1S/C23H25F3N4/c1-4-6-16-9-11-18(12-10-16)29-22-27-14-20(23(24,25)26)21(30-22)28-19-8-5-7-17(13-19)15(2)3/h5,7-15H,4,6H2,1-3H3,(H2,27,28,29,30). The second-order valence-corrected chi connectivity index (χ2v) is 7.43. The summed E-state index contributed by atoms with van der Waals surface area (Å²) >= 11 is 0. The van der Waals surface area contributed by atoms with Crippen molar-refractivity contribution in [2.45, 2.75) is 45.7 Å². The normalized spacial score (nSPS) is 11.6. The number of aromatic nitrogens is 2. The van der Waals surface area contributed by atoms with Crippen molar-refractivity contribution in [1.29, 1.82) is 0 Å². The molecule has 0 fully saturated rings. The van der Waals surface area contributed by atoms with Crippen LogP contribution in [0, 0.1) is 0 Å². The lowest BCUT2D eigenvalue weighted by Crippen LogP contribution is -2.12.